The summed E-state index contributed by atoms with van der Waals surface area (Å²) < 4.78 is 15.9. The molecule has 1 aliphatic rings. The lowest BCUT2D eigenvalue weighted by Gasteiger charge is -2.12. The van der Waals surface area contributed by atoms with E-state index in [0.29, 0.717) is 19.4 Å². The Morgan fingerprint density at radius 1 is 1.24 bits per heavy atom. The van der Waals surface area contributed by atoms with Crippen LogP contribution in [-0.4, -0.2) is 18.0 Å². The van der Waals surface area contributed by atoms with E-state index < -0.39 is 0 Å². The number of benzene rings is 1. The van der Waals surface area contributed by atoms with Gasteiger partial charge in [0.25, 0.3) is 0 Å². The van der Waals surface area contributed by atoms with Crippen molar-refractivity contribution >= 4 is 0 Å². The molecule has 0 saturated heterocycles. The number of rotatable bonds is 6. The smallest absolute Gasteiger partial charge is 0.231 e. The van der Waals surface area contributed by atoms with Gasteiger partial charge in [0.2, 0.25) is 6.79 Å². The van der Waals surface area contributed by atoms with Gasteiger partial charge in [0, 0.05) is 12.1 Å². The van der Waals surface area contributed by atoms with E-state index >= 15 is 0 Å². The number of hydrogen-bond donors (Lipinski definition) is 1. The number of fused-ring (bicyclic) bond motifs is 1. The lowest BCUT2D eigenvalue weighted by Crippen LogP contribution is -2.25. The number of nitrogens with zero attached hydrogens (tertiary/aromatic N) is 1. The van der Waals surface area contributed by atoms with Crippen molar-refractivity contribution in [2.24, 2.45) is 0 Å². The van der Waals surface area contributed by atoms with Crippen LogP contribution in [0.25, 0.3) is 0 Å². The van der Waals surface area contributed by atoms with Gasteiger partial charge in [-0.05, 0) is 44.4 Å². The third-order valence-corrected chi connectivity index (χ3v) is 3.60. The summed E-state index contributed by atoms with van der Waals surface area (Å²) in [6.07, 6.45) is 2.05. The monoisotopic (exact) mass is 288 g/mol. The molecule has 1 unspecified atom stereocenters. The SMILES string of the molecule is Cc1cc(CNC(C)CCc2ccc3c(c2)OCO3)on1. The predicted molar refractivity (Wildman–Crippen MR) is 78.4 cm³/mol. The van der Waals surface area contributed by atoms with E-state index in [4.69, 9.17) is 14.0 Å². The topological polar surface area (TPSA) is 56.5 Å². The molecule has 0 amide bonds. The van der Waals surface area contributed by atoms with Gasteiger partial charge in [-0.1, -0.05) is 11.2 Å². The molecule has 1 N–H and O–H groups in total. The van der Waals surface area contributed by atoms with Gasteiger partial charge in [-0.25, -0.2) is 0 Å². The average Bonchev–Trinajstić information content (AvgIpc) is 3.10. The molecular formula is C16H20N2O3. The van der Waals surface area contributed by atoms with Crippen LogP contribution in [0.3, 0.4) is 0 Å². The van der Waals surface area contributed by atoms with Crippen molar-refractivity contribution in [2.45, 2.75) is 39.3 Å². The molecule has 1 aromatic carbocycles. The van der Waals surface area contributed by atoms with Crippen LogP contribution < -0.4 is 14.8 Å². The zero-order chi connectivity index (χ0) is 14.7. The zero-order valence-corrected chi connectivity index (χ0v) is 12.4. The zero-order valence-electron chi connectivity index (χ0n) is 12.4. The fraction of sp³-hybridized carbons (Fsp3) is 0.438. The maximum Gasteiger partial charge on any atom is 0.231 e. The van der Waals surface area contributed by atoms with Gasteiger partial charge in [-0.2, -0.15) is 0 Å². The highest BCUT2D eigenvalue weighted by molar-refractivity contribution is 5.44. The van der Waals surface area contributed by atoms with E-state index in [9.17, 15) is 0 Å². The van der Waals surface area contributed by atoms with Gasteiger partial charge < -0.3 is 19.3 Å². The van der Waals surface area contributed by atoms with Gasteiger partial charge in [0.1, 0.15) is 0 Å². The van der Waals surface area contributed by atoms with Gasteiger partial charge in [-0.15, -0.1) is 0 Å². The van der Waals surface area contributed by atoms with Crippen LogP contribution in [0.5, 0.6) is 11.5 Å². The molecular weight excluding hydrogens is 268 g/mol. The number of aromatic nitrogens is 1. The van der Waals surface area contributed by atoms with E-state index in [0.717, 1.165) is 35.8 Å². The lowest BCUT2D eigenvalue weighted by atomic mass is 10.1. The van der Waals surface area contributed by atoms with Crippen LogP contribution in [0.1, 0.15) is 30.4 Å². The molecule has 0 aliphatic carbocycles. The second-order valence-electron chi connectivity index (χ2n) is 5.44. The minimum Gasteiger partial charge on any atom is -0.454 e. The Morgan fingerprint density at radius 2 is 2.10 bits per heavy atom. The number of nitrogens with one attached hydrogen (secondary N) is 1. The first-order valence-corrected chi connectivity index (χ1v) is 7.25. The summed E-state index contributed by atoms with van der Waals surface area (Å²) in [6.45, 7) is 5.14. The molecule has 0 fully saturated rings. The van der Waals surface area contributed by atoms with Crippen molar-refractivity contribution in [1.82, 2.24) is 10.5 Å². The molecule has 0 bridgehead atoms. The highest BCUT2D eigenvalue weighted by atomic mass is 16.7. The molecule has 112 valence electrons. The quantitative estimate of drug-likeness (QED) is 0.885. The molecule has 0 saturated carbocycles. The molecule has 0 radical (unpaired) electrons. The minimum atomic E-state index is 0.327. The summed E-state index contributed by atoms with van der Waals surface area (Å²) in [4.78, 5) is 0. The molecule has 3 rings (SSSR count). The molecule has 1 aliphatic heterocycles. The third-order valence-electron chi connectivity index (χ3n) is 3.60. The molecule has 5 heteroatoms. The first kappa shape index (κ1) is 13.9. The van der Waals surface area contributed by atoms with Crippen molar-refractivity contribution in [3.05, 3.63) is 41.3 Å². The normalized spacial score (nSPS) is 14.4. The molecule has 21 heavy (non-hydrogen) atoms. The second-order valence-corrected chi connectivity index (χ2v) is 5.44. The summed E-state index contributed by atoms with van der Waals surface area (Å²) in [6, 6.07) is 8.50. The van der Waals surface area contributed by atoms with Gasteiger partial charge in [-0.3, -0.25) is 0 Å². The largest absolute Gasteiger partial charge is 0.454 e. The van der Waals surface area contributed by atoms with Crippen molar-refractivity contribution in [2.75, 3.05) is 6.79 Å². The summed E-state index contributed by atoms with van der Waals surface area (Å²) in [5.74, 6) is 2.57. The van der Waals surface area contributed by atoms with Gasteiger partial charge in [0.15, 0.2) is 17.3 Å². The lowest BCUT2D eigenvalue weighted by molar-refractivity contribution is 0.174. The molecule has 5 nitrogen and oxygen atoms in total. The van der Waals surface area contributed by atoms with Crippen molar-refractivity contribution < 1.29 is 14.0 Å². The average molecular weight is 288 g/mol. The Labute approximate surface area is 124 Å². The maximum atomic E-state index is 5.40. The predicted octanol–water partition coefficient (Wildman–Crippen LogP) is 2.82. The summed E-state index contributed by atoms with van der Waals surface area (Å²) in [5, 5.41) is 7.33. The summed E-state index contributed by atoms with van der Waals surface area (Å²) >= 11 is 0. The van der Waals surface area contributed by atoms with Gasteiger partial charge in [0.05, 0.1) is 12.2 Å². The van der Waals surface area contributed by atoms with Crippen LogP contribution >= 0.6 is 0 Å². The first-order valence-electron chi connectivity index (χ1n) is 7.25. The van der Waals surface area contributed by atoms with Crippen LogP contribution in [0.2, 0.25) is 0 Å². The standard InChI is InChI=1S/C16H20N2O3/c1-11(17-9-14-7-12(2)18-21-14)3-4-13-5-6-15-16(8-13)20-10-19-15/h5-8,11,17H,3-4,9-10H2,1-2H3. The molecule has 2 aromatic rings. The minimum absolute atomic E-state index is 0.327. The Balaban J connectivity index is 1.46. The molecule has 2 heterocycles. The summed E-state index contributed by atoms with van der Waals surface area (Å²) in [7, 11) is 0. The van der Waals surface area contributed by atoms with E-state index in [2.05, 4.69) is 29.5 Å². The van der Waals surface area contributed by atoms with E-state index in [1.54, 1.807) is 0 Å². The van der Waals surface area contributed by atoms with Crippen LogP contribution in [0.4, 0.5) is 0 Å². The second kappa shape index (κ2) is 6.18. The Kier molecular flexibility index (Phi) is 4.10. The van der Waals surface area contributed by atoms with E-state index in [1.807, 2.05) is 19.1 Å². The molecule has 0 spiro atoms. The van der Waals surface area contributed by atoms with Crippen molar-refractivity contribution in [3.63, 3.8) is 0 Å². The number of hydrogen-bond acceptors (Lipinski definition) is 5. The van der Waals surface area contributed by atoms with Crippen molar-refractivity contribution in [3.8, 4) is 11.5 Å². The Bertz CT molecular complexity index is 609. The Hall–Kier alpha value is -2.01. The van der Waals surface area contributed by atoms with E-state index in [-0.39, 0.29) is 0 Å². The first-order chi connectivity index (χ1) is 10.2. The van der Waals surface area contributed by atoms with Crippen LogP contribution in [0.15, 0.2) is 28.8 Å². The fourth-order valence-corrected chi connectivity index (χ4v) is 2.36. The highest BCUT2D eigenvalue weighted by Crippen LogP contribution is 2.32. The number of ether oxygens (including phenoxy) is 2. The van der Waals surface area contributed by atoms with Crippen molar-refractivity contribution in [1.29, 1.82) is 0 Å². The molecule has 1 atom stereocenters. The maximum absolute atomic E-state index is 5.40. The third kappa shape index (κ3) is 3.55. The highest BCUT2D eigenvalue weighted by Gasteiger charge is 2.13. The fourth-order valence-electron chi connectivity index (χ4n) is 2.36. The van der Waals surface area contributed by atoms with Crippen LogP contribution in [-0.2, 0) is 13.0 Å². The van der Waals surface area contributed by atoms with E-state index in [1.165, 1.54) is 5.56 Å². The molecule has 1 aromatic heterocycles. The Morgan fingerprint density at radius 3 is 2.90 bits per heavy atom. The van der Waals surface area contributed by atoms with Crippen LogP contribution in [0, 0.1) is 6.92 Å². The van der Waals surface area contributed by atoms with Gasteiger partial charge >= 0.3 is 0 Å². The number of aryl methyl sites for hydroxylation is 2. The summed E-state index contributed by atoms with van der Waals surface area (Å²) in [5.41, 5.74) is 2.18.